The normalized spacial score (nSPS) is 15.4. The second-order valence-corrected chi connectivity index (χ2v) is 6.18. The first kappa shape index (κ1) is 14.1. The molecule has 1 aliphatic rings. The molecule has 126 valence electrons. The van der Waals surface area contributed by atoms with Crippen LogP contribution in [0.5, 0.6) is 0 Å². The molecule has 0 aliphatic carbocycles. The van der Waals surface area contributed by atoms with Crippen LogP contribution in [0, 0.1) is 6.92 Å². The van der Waals surface area contributed by atoms with E-state index in [-0.39, 0.29) is 0 Å². The van der Waals surface area contributed by atoms with Crippen molar-refractivity contribution in [3.8, 4) is 0 Å². The van der Waals surface area contributed by atoms with Crippen molar-refractivity contribution in [1.29, 1.82) is 0 Å². The lowest BCUT2D eigenvalue weighted by atomic mass is 10.3. The van der Waals surface area contributed by atoms with Gasteiger partial charge in [-0.3, -0.25) is 0 Å². The summed E-state index contributed by atoms with van der Waals surface area (Å²) in [5.74, 6) is 1.92. The molecule has 0 amide bonds. The number of nitrogens with zero attached hydrogens (tertiary/aromatic N) is 9. The lowest BCUT2D eigenvalue weighted by Crippen LogP contribution is -2.47. The van der Waals surface area contributed by atoms with Crippen LogP contribution in [0.3, 0.4) is 0 Å². The summed E-state index contributed by atoms with van der Waals surface area (Å²) in [6, 6.07) is 8.00. The van der Waals surface area contributed by atoms with E-state index in [9.17, 15) is 0 Å². The Morgan fingerprint density at radius 2 is 1.44 bits per heavy atom. The van der Waals surface area contributed by atoms with Crippen LogP contribution in [0.4, 0.5) is 11.6 Å². The molecule has 0 radical (unpaired) electrons. The standard InChI is InChI=1S/C16H17N9/c1-12-10-24-13(18-12)2-4-15(20-24)22-6-8-23(9-7-22)16-5-3-14-19-17-11-25(14)21-16/h2-5,10-11H,6-9H2,1H3. The van der Waals surface area contributed by atoms with Crippen molar-refractivity contribution in [2.24, 2.45) is 0 Å². The van der Waals surface area contributed by atoms with E-state index in [1.54, 1.807) is 10.8 Å². The predicted molar refractivity (Wildman–Crippen MR) is 92.9 cm³/mol. The smallest absolute Gasteiger partial charge is 0.177 e. The maximum atomic E-state index is 4.68. The summed E-state index contributed by atoms with van der Waals surface area (Å²) in [6.07, 6.45) is 3.58. The van der Waals surface area contributed by atoms with Gasteiger partial charge in [-0.15, -0.1) is 20.4 Å². The van der Waals surface area contributed by atoms with Crippen LogP contribution in [-0.4, -0.2) is 60.6 Å². The molecule has 0 saturated carbocycles. The fourth-order valence-electron chi connectivity index (χ4n) is 3.21. The molecule has 0 bridgehead atoms. The van der Waals surface area contributed by atoms with E-state index in [4.69, 9.17) is 0 Å². The van der Waals surface area contributed by atoms with Gasteiger partial charge >= 0.3 is 0 Å². The fraction of sp³-hybridized carbons (Fsp3) is 0.312. The number of rotatable bonds is 2. The Bertz CT molecular complexity index is 1040. The summed E-state index contributed by atoms with van der Waals surface area (Å²) in [6.45, 7) is 5.56. The number of fused-ring (bicyclic) bond motifs is 2. The number of piperazine rings is 1. The SMILES string of the molecule is Cc1cn2nc(N3CCN(c4ccc5nncn5n4)CC3)ccc2n1. The van der Waals surface area contributed by atoms with E-state index >= 15 is 0 Å². The highest BCUT2D eigenvalue weighted by Gasteiger charge is 2.20. The van der Waals surface area contributed by atoms with Gasteiger partial charge in [0.15, 0.2) is 11.3 Å². The number of imidazole rings is 1. The number of aromatic nitrogens is 7. The molecule has 1 fully saturated rings. The topological polar surface area (TPSA) is 79.8 Å². The Balaban J connectivity index is 1.34. The average molecular weight is 335 g/mol. The fourth-order valence-corrected chi connectivity index (χ4v) is 3.21. The molecular weight excluding hydrogens is 318 g/mol. The molecule has 1 aliphatic heterocycles. The Kier molecular flexibility index (Phi) is 3.06. The second kappa shape index (κ2) is 5.40. The molecule has 9 nitrogen and oxygen atoms in total. The van der Waals surface area contributed by atoms with Crippen LogP contribution in [0.25, 0.3) is 11.3 Å². The lowest BCUT2D eigenvalue weighted by Gasteiger charge is -2.35. The maximum Gasteiger partial charge on any atom is 0.177 e. The van der Waals surface area contributed by atoms with Crippen LogP contribution >= 0.6 is 0 Å². The van der Waals surface area contributed by atoms with Crippen molar-refractivity contribution in [1.82, 2.24) is 34.4 Å². The number of anilines is 2. The monoisotopic (exact) mass is 335 g/mol. The van der Waals surface area contributed by atoms with Crippen LogP contribution < -0.4 is 9.80 Å². The Morgan fingerprint density at radius 3 is 2.16 bits per heavy atom. The summed E-state index contributed by atoms with van der Waals surface area (Å²) in [5, 5.41) is 17.1. The summed E-state index contributed by atoms with van der Waals surface area (Å²) in [4.78, 5) is 8.99. The third-order valence-corrected chi connectivity index (χ3v) is 4.50. The first-order valence-electron chi connectivity index (χ1n) is 8.26. The minimum Gasteiger partial charge on any atom is -0.352 e. The molecule has 0 N–H and O–H groups in total. The van der Waals surface area contributed by atoms with Gasteiger partial charge in [0.2, 0.25) is 0 Å². The Labute approximate surface area is 143 Å². The van der Waals surface area contributed by atoms with Crippen molar-refractivity contribution in [3.05, 3.63) is 42.5 Å². The van der Waals surface area contributed by atoms with Crippen molar-refractivity contribution < 1.29 is 0 Å². The minimum absolute atomic E-state index is 0.760. The van der Waals surface area contributed by atoms with Gasteiger partial charge in [0, 0.05) is 26.2 Å². The van der Waals surface area contributed by atoms with Crippen LogP contribution in [-0.2, 0) is 0 Å². The van der Waals surface area contributed by atoms with Crippen molar-refractivity contribution in [2.45, 2.75) is 6.92 Å². The molecule has 4 aromatic rings. The van der Waals surface area contributed by atoms with Crippen molar-refractivity contribution in [2.75, 3.05) is 36.0 Å². The molecule has 0 atom stereocenters. The van der Waals surface area contributed by atoms with E-state index in [1.165, 1.54) is 0 Å². The quantitative estimate of drug-likeness (QED) is 0.536. The molecule has 0 unspecified atom stereocenters. The largest absolute Gasteiger partial charge is 0.352 e. The van der Waals surface area contributed by atoms with Gasteiger partial charge in [0.25, 0.3) is 0 Å². The van der Waals surface area contributed by atoms with Gasteiger partial charge < -0.3 is 9.80 Å². The molecule has 5 rings (SSSR count). The number of hydrogen-bond donors (Lipinski definition) is 0. The second-order valence-electron chi connectivity index (χ2n) is 6.18. The first-order valence-corrected chi connectivity index (χ1v) is 8.26. The summed E-state index contributed by atoms with van der Waals surface area (Å²) in [7, 11) is 0. The van der Waals surface area contributed by atoms with Crippen molar-refractivity contribution in [3.63, 3.8) is 0 Å². The van der Waals surface area contributed by atoms with Gasteiger partial charge in [0.1, 0.15) is 18.0 Å². The van der Waals surface area contributed by atoms with Gasteiger partial charge in [0.05, 0.1) is 11.9 Å². The Hall–Kier alpha value is -3.23. The van der Waals surface area contributed by atoms with E-state index in [1.807, 2.05) is 41.9 Å². The van der Waals surface area contributed by atoms with E-state index in [2.05, 4.69) is 35.2 Å². The molecule has 0 spiro atoms. The molecule has 25 heavy (non-hydrogen) atoms. The van der Waals surface area contributed by atoms with Gasteiger partial charge in [-0.05, 0) is 31.2 Å². The summed E-state index contributed by atoms with van der Waals surface area (Å²) < 4.78 is 3.55. The first-order chi connectivity index (χ1) is 12.3. The third-order valence-electron chi connectivity index (χ3n) is 4.50. The number of hydrogen-bond acceptors (Lipinski definition) is 7. The minimum atomic E-state index is 0.760. The maximum absolute atomic E-state index is 4.68. The molecular formula is C16H17N9. The Morgan fingerprint density at radius 1 is 0.800 bits per heavy atom. The van der Waals surface area contributed by atoms with Crippen molar-refractivity contribution >= 4 is 22.9 Å². The van der Waals surface area contributed by atoms with Gasteiger partial charge in [-0.1, -0.05) is 0 Å². The molecule has 9 heteroatoms. The van der Waals surface area contributed by atoms with Crippen LogP contribution in [0.1, 0.15) is 5.69 Å². The van der Waals surface area contributed by atoms with Crippen LogP contribution in [0.2, 0.25) is 0 Å². The molecule has 0 aromatic carbocycles. The zero-order chi connectivity index (χ0) is 16.8. The van der Waals surface area contributed by atoms with E-state index in [0.717, 1.165) is 54.8 Å². The van der Waals surface area contributed by atoms with E-state index in [0.29, 0.717) is 0 Å². The summed E-state index contributed by atoms with van der Waals surface area (Å²) >= 11 is 0. The highest BCUT2D eigenvalue weighted by molar-refractivity contribution is 5.50. The lowest BCUT2D eigenvalue weighted by molar-refractivity contribution is 0.631. The van der Waals surface area contributed by atoms with Gasteiger partial charge in [-0.2, -0.15) is 4.52 Å². The van der Waals surface area contributed by atoms with Gasteiger partial charge in [-0.25, -0.2) is 9.50 Å². The highest BCUT2D eigenvalue weighted by Crippen LogP contribution is 2.18. The summed E-state index contributed by atoms with van der Waals surface area (Å²) in [5.41, 5.74) is 2.62. The van der Waals surface area contributed by atoms with E-state index < -0.39 is 0 Å². The van der Waals surface area contributed by atoms with Crippen LogP contribution in [0.15, 0.2) is 36.8 Å². The zero-order valence-corrected chi connectivity index (χ0v) is 13.8. The number of aryl methyl sites for hydroxylation is 1. The predicted octanol–water partition coefficient (Wildman–Crippen LogP) is 0.802. The zero-order valence-electron chi connectivity index (χ0n) is 13.8. The molecule has 1 saturated heterocycles. The third kappa shape index (κ3) is 2.44. The molecule has 5 heterocycles. The average Bonchev–Trinajstić information content (AvgIpc) is 3.25. The molecule has 4 aromatic heterocycles. The highest BCUT2D eigenvalue weighted by atomic mass is 15.4.